The first-order chi connectivity index (χ1) is 12.8. The third-order valence-corrected chi connectivity index (χ3v) is 5.08. The highest BCUT2D eigenvalue weighted by Gasteiger charge is 2.12. The zero-order valence-corrected chi connectivity index (χ0v) is 17.3. The molecule has 0 radical (unpaired) electrons. The number of rotatable bonds is 4. The van der Waals surface area contributed by atoms with Gasteiger partial charge in [-0.2, -0.15) is 0 Å². The number of nitrogens with one attached hydrogen (secondary N) is 2. The van der Waals surface area contributed by atoms with Crippen LogP contribution in [0.4, 0.5) is 21.9 Å². The van der Waals surface area contributed by atoms with Gasteiger partial charge in [-0.15, -0.1) is 0 Å². The van der Waals surface area contributed by atoms with Gasteiger partial charge in [0.05, 0.1) is 16.4 Å². The summed E-state index contributed by atoms with van der Waals surface area (Å²) < 4.78 is 0.763. The number of amides is 1. The molecule has 0 heterocycles. The second-order valence-electron chi connectivity index (χ2n) is 5.87. The van der Waals surface area contributed by atoms with Crippen molar-refractivity contribution in [1.82, 2.24) is 0 Å². The highest BCUT2D eigenvalue weighted by atomic mass is 79.9. The molecule has 3 aromatic carbocycles. The molecule has 0 saturated carbocycles. The topological polar surface area (TPSA) is 61.4 Å². The van der Waals surface area contributed by atoms with Crippen molar-refractivity contribution in [3.05, 3.63) is 74.7 Å². The van der Waals surface area contributed by atoms with Gasteiger partial charge in [0, 0.05) is 26.3 Å². The van der Waals surface area contributed by atoms with Gasteiger partial charge >= 0.3 is 6.09 Å². The van der Waals surface area contributed by atoms with Gasteiger partial charge in [0.1, 0.15) is 0 Å². The molecule has 0 bridgehead atoms. The highest BCUT2D eigenvalue weighted by Crippen LogP contribution is 2.38. The van der Waals surface area contributed by atoms with E-state index in [1.165, 1.54) is 0 Å². The lowest BCUT2D eigenvalue weighted by Gasteiger charge is -2.15. The van der Waals surface area contributed by atoms with E-state index in [2.05, 4.69) is 26.6 Å². The highest BCUT2D eigenvalue weighted by molar-refractivity contribution is 9.10. The Labute approximate surface area is 175 Å². The maximum absolute atomic E-state index is 11.0. The van der Waals surface area contributed by atoms with E-state index in [1.807, 2.05) is 43.3 Å². The summed E-state index contributed by atoms with van der Waals surface area (Å²) in [5.41, 5.74) is 4.53. The van der Waals surface area contributed by atoms with Gasteiger partial charge in [-0.25, -0.2) is 4.79 Å². The van der Waals surface area contributed by atoms with Crippen LogP contribution < -0.4 is 10.6 Å². The molecular weight excluding hydrogens is 451 g/mol. The van der Waals surface area contributed by atoms with Gasteiger partial charge in [-0.05, 0) is 48.9 Å². The predicted molar refractivity (Wildman–Crippen MR) is 116 cm³/mol. The Balaban J connectivity index is 1.95. The van der Waals surface area contributed by atoms with E-state index in [9.17, 15) is 4.79 Å². The van der Waals surface area contributed by atoms with E-state index >= 15 is 0 Å². The lowest BCUT2D eigenvalue weighted by molar-refractivity contribution is 0.210. The summed E-state index contributed by atoms with van der Waals surface area (Å²) in [5.74, 6) is 0. The Bertz CT molecular complexity index is 1000. The summed E-state index contributed by atoms with van der Waals surface area (Å²) in [6, 6.07) is 16.5. The standard InChI is InChI=1S/C20H15BrCl2N2O2/c1-11-3-2-4-15(22)19(11)14-7-6-13(10-16(14)23)24-17-8-5-12(21)9-18(17)25-20(26)27/h2-10,24-25H,1H3,(H,26,27). The molecule has 0 unspecified atom stereocenters. The van der Waals surface area contributed by atoms with E-state index in [0.29, 0.717) is 21.4 Å². The summed E-state index contributed by atoms with van der Waals surface area (Å²) in [6.07, 6.45) is -1.14. The zero-order chi connectivity index (χ0) is 19.6. The van der Waals surface area contributed by atoms with Crippen molar-refractivity contribution in [2.75, 3.05) is 10.6 Å². The average molecular weight is 466 g/mol. The zero-order valence-electron chi connectivity index (χ0n) is 14.2. The van der Waals surface area contributed by atoms with Crippen molar-refractivity contribution < 1.29 is 9.90 Å². The molecule has 0 aliphatic heterocycles. The fraction of sp³-hybridized carbons (Fsp3) is 0.0500. The SMILES string of the molecule is Cc1cccc(Cl)c1-c1ccc(Nc2ccc(Br)cc2NC(=O)O)cc1Cl. The van der Waals surface area contributed by atoms with Gasteiger partial charge < -0.3 is 10.4 Å². The molecule has 4 nitrogen and oxygen atoms in total. The Kier molecular flexibility index (Phi) is 5.95. The van der Waals surface area contributed by atoms with Crippen LogP contribution in [0, 0.1) is 6.92 Å². The Morgan fingerprint density at radius 3 is 2.44 bits per heavy atom. The average Bonchev–Trinajstić information content (AvgIpc) is 2.58. The van der Waals surface area contributed by atoms with Crippen LogP contribution in [0.3, 0.4) is 0 Å². The fourth-order valence-corrected chi connectivity index (χ4v) is 3.73. The van der Waals surface area contributed by atoms with Crippen LogP contribution in [-0.2, 0) is 0 Å². The monoisotopic (exact) mass is 464 g/mol. The van der Waals surface area contributed by atoms with Crippen LogP contribution in [0.1, 0.15) is 5.56 Å². The number of anilines is 3. The number of hydrogen-bond acceptors (Lipinski definition) is 2. The Morgan fingerprint density at radius 2 is 1.78 bits per heavy atom. The maximum Gasteiger partial charge on any atom is 0.409 e. The number of carbonyl (C=O) groups is 1. The third-order valence-electron chi connectivity index (χ3n) is 3.96. The maximum atomic E-state index is 11.0. The van der Waals surface area contributed by atoms with Crippen LogP contribution in [0.5, 0.6) is 0 Å². The first-order valence-corrected chi connectivity index (χ1v) is 9.51. The van der Waals surface area contributed by atoms with Crippen LogP contribution in [0.2, 0.25) is 10.0 Å². The minimum absolute atomic E-state index is 0.430. The number of aryl methyl sites for hydroxylation is 1. The molecule has 3 N–H and O–H groups in total. The number of halogens is 3. The summed E-state index contributed by atoms with van der Waals surface area (Å²) in [7, 11) is 0. The van der Waals surface area contributed by atoms with Crippen molar-refractivity contribution in [3.63, 3.8) is 0 Å². The minimum Gasteiger partial charge on any atom is -0.465 e. The van der Waals surface area contributed by atoms with Gasteiger partial charge in [-0.3, -0.25) is 5.32 Å². The quantitative estimate of drug-likeness (QED) is 0.372. The van der Waals surface area contributed by atoms with Crippen LogP contribution in [-0.4, -0.2) is 11.2 Å². The minimum atomic E-state index is -1.14. The van der Waals surface area contributed by atoms with Crippen molar-refractivity contribution in [2.24, 2.45) is 0 Å². The second kappa shape index (κ2) is 8.21. The molecule has 3 rings (SSSR count). The van der Waals surface area contributed by atoms with Crippen molar-refractivity contribution >= 4 is 62.3 Å². The number of hydrogen-bond donors (Lipinski definition) is 3. The van der Waals surface area contributed by atoms with Gasteiger partial charge in [0.15, 0.2) is 0 Å². The fourth-order valence-electron chi connectivity index (χ4n) is 2.77. The van der Waals surface area contributed by atoms with Crippen LogP contribution in [0.25, 0.3) is 11.1 Å². The first-order valence-electron chi connectivity index (χ1n) is 7.96. The van der Waals surface area contributed by atoms with E-state index in [0.717, 1.165) is 26.9 Å². The molecule has 0 atom stereocenters. The molecule has 0 saturated heterocycles. The summed E-state index contributed by atoms with van der Waals surface area (Å²) in [5, 5.41) is 15.8. The first kappa shape index (κ1) is 19.5. The summed E-state index contributed by atoms with van der Waals surface area (Å²) >= 11 is 16.2. The molecule has 0 aromatic heterocycles. The molecule has 0 spiro atoms. The van der Waals surface area contributed by atoms with E-state index in [-0.39, 0.29) is 0 Å². The van der Waals surface area contributed by atoms with E-state index in [1.54, 1.807) is 18.2 Å². The third kappa shape index (κ3) is 4.56. The lowest BCUT2D eigenvalue weighted by Crippen LogP contribution is -2.09. The molecular formula is C20H15BrCl2N2O2. The van der Waals surface area contributed by atoms with Crippen molar-refractivity contribution in [3.8, 4) is 11.1 Å². The lowest BCUT2D eigenvalue weighted by atomic mass is 10.00. The molecule has 138 valence electrons. The smallest absolute Gasteiger partial charge is 0.409 e. The Morgan fingerprint density at radius 1 is 1.00 bits per heavy atom. The predicted octanol–water partition coefficient (Wildman–Crippen LogP) is 7.56. The van der Waals surface area contributed by atoms with Gasteiger partial charge in [-0.1, -0.05) is 57.3 Å². The molecule has 27 heavy (non-hydrogen) atoms. The molecule has 3 aromatic rings. The number of benzene rings is 3. The Hall–Kier alpha value is -2.21. The second-order valence-corrected chi connectivity index (χ2v) is 7.60. The van der Waals surface area contributed by atoms with E-state index in [4.69, 9.17) is 28.3 Å². The molecule has 7 heteroatoms. The normalized spacial score (nSPS) is 10.5. The van der Waals surface area contributed by atoms with Crippen LogP contribution >= 0.6 is 39.1 Å². The van der Waals surface area contributed by atoms with Gasteiger partial charge in [0.25, 0.3) is 0 Å². The van der Waals surface area contributed by atoms with Crippen LogP contribution in [0.15, 0.2) is 59.1 Å². The molecule has 0 aliphatic rings. The number of carboxylic acid groups (broad SMARTS) is 1. The van der Waals surface area contributed by atoms with E-state index < -0.39 is 6.09 Å². The molecule has 1 amide bonds. The van der Waals surface area contributed by atoms with Gasteiger partial charge in [0.2, 0.25) is 0 Å². The summed E-state index contributed by atoms with van der Waals surface area (Å²) in [6.45, 7) is 1.98. The summed E-state index contributed by atoms with van der Waals surface area (Å²) in [4.78, 5) is 11.0. The molecule has 0 aliphatic carbocycles. The molecule has 0 fully saturated rings. The van der Waals surface area contributed by atoms with Crippen molar-refractivity contribution in [2.45, 2.75) is 6.92 Å². The largest absolute Gasteiger partial charge is 0.465 e. The van der Waals surface area contributed by atoms with Crippen molar-refractivity contribution in [1.29, 1.82) is 0 Å².